The fourth-order valence-electron chi connectivity index (χ4n) is 1.63. The predicted molar refractivity (Wildman–Crippen MR) is 67.6 cm³/mol. The lowest BCUT2D eigenvalue weighted by Gasteiger charge is -2.12. The summed E-state index contributed by atoms with van der Waals surface area (Å²) >= 11 is 0. The maximum Gasteiger partial charge on any atom is 0.0370 e. The first kappa shape index (κ1) is 12.1. The highest BCUT2D eigenvalue weighted by Crippen LogP contribution is 2.15. The maximum absolute atomic E-state index is 3.47. The Morgan fingerprint density at radius 1 is 1.20 bits per heavy atom. The van der Waals surface area contributed by atoms with Gasteiger partial charge in [-0.05, 0) is 52.5 Å². The summed E-state index contributed by atoms with van der Waals surface area (Å²) in [5.74, 6) is 0. The molecule has 0 aliphatic rings. The lowest BCUT2D eigenvalue weighted by molar-refractivity contribution is 0.405. The summed E-state index contributed by atoms with van der Waals surface area (Å²) in [4.78, 5) is 2.21. The molecule has 2 heteroatoms. The Balaban J connectivity index is 2.37. The van der Waals surface area contributed by atoms with E-state index in [0.29, 0.717) is 0 Å². The van der Waals surface area contributed by atoms with Crippen LogP contribution >= 0.6 is 0 Å². The summed E-state index contributed by atoms with van der Waals surface area (Å²) in [5.41, 5.74) is 3.92. The molecule has 1 aromatic rings. The van der Waals surface area contributed by atoms with Gasteiger partial charge >= 0.3 is 0 Å². The van der Waals surface area contributed by atoms with Gasteiger partial charge in [0.05, 0.1) is 0 Å². The molecule has 84 valence electrons. The van der Waals surface area contributed by atoms with E-state index >= 15 is 0 Å². The van der Waals surface area contributed by atoms with Crippen LogP contribution < -0.4 is 5.32 Å². The fraction of sp³-hybridized carbons (Fsp3) is 0.538. The van der Waals surface area contributed by atoms with E-state index in [0.717, 1.165) is 13.1 Å². The molecule has 2 nitrogen and oxygen atoms in total. The highest BCUT2D eigenvalue weighted by Gasteiger charge is 1.97. The minimum Gasteiger partial charge on any atom is -0.385 e. The number of nitrogens with one attached hydrogen (secondary N) is 1. The van der Waals surface area contributed by atoms with E-state index < -0.39 is 0 Å². The average molecular weight is 206 g/mol. The third-order valence-corrected chi connectivity index (χ3v) is 2.48. The van der Waals surface area contributed by atoms with Gasteiger partial charge in [0.15, 0.2) is 0 Å². The van der Waals surface area contributed by atoms with E-state index in [1.54, 1.807) is 0 Å². The van der Waals surface area contributed by atoms with E-state index in [9.17, 15) is 0 Å². The van der Waals surface area contributed by atoms with E-state index in [1.165, 1.54) is 23.2 Å². The zero-order chi connectivity index (χ0) is 11.3. The lowest BCUT2D eigenvalue weighted by atomic mass is 10.1. The fourth-order valence-corrected chi connectivity index (χ4v) is 1.63. The molecule has 0 saturated heterocycles. The number of nitrogens with zero attached hydrogens (tertiary/aromatic N) is 1. The highest BCUT2D eigenvalue weighted by atomic mass is 15.1. The van der Waals surface area contributed by atoms with Gasteiger partial charge in [-0.25, -0.2) is 0 Å². The molecule has 0 bridgehead atoms. The Bertz CT molecular complexity index is 305. The van der Waals surface area contributed by atoms with Crippen LogP contribution in [0.15, 0.2) is 18.2 Å². The minimum atomic E-state index is 1.04. The van der Waals surface area contributed by atoms with E-state index in [4.69, 9.17) is 0 Å². The second-order valence-electron chi connectivity index (χ2n) is 4.40. The first-order chi connectivity index (χ1) is 7.09. The van der Waals surface area contributed by atoms with Gasteiger partial charge in [-0.2, -0.15) is 0 Å². The predicted octanol–water partition coefficient (Wildman–Crippen LogP) is 2.67. The van der Waals surface area contributed by atoms with Gasteiger partial charge in [0.2, 0.25) is 0 Å². The molecule has 0 radical (unpaired) electrons. The molecule has 0 aromatic heterocycles. The summed E-state index contributed by atoms with van der Waals surface area (Å²) < 4.78 is 0. The number of hydrogen-bond donors (Lipinski definition) is 1. The standard InChI is InChI=1S/C13H22N2/c1-11-6-7-13(12(2)10-11)14-8-5-9-15(3)4/h6-7,10,14H,5,8-9H2,1-4H3. The molecule has 1 N–H and O–H groups in total. The third kappa shape index (κ3) is 4.34. The van der Waals surface area contributed by atoms with Crippen LogP contribution in [-0.2, 0) is 0 Å². The molecule has 0 fully saturated rings. The largest absolute Gasteiger partial charge is 0.385 e. The molecule has 1 aromatic carbocycles. The van der Waals surface area contributed by atoms with Gasteiger partial charge in [0.1, 0.15) is 0 Å². The minimum absolute atomic E-state index is 1.04. The summed E-state index contributed by atoms with van der Waals surface area (Å²) in [6, 6.07) is 6.54. The normalized spacial score (nSPS) is 10.7. The maximum atomic E-state index is 3.47. The quantitative estimate of drug-likeness (QED) is 0.745. The molecule has 0 atom stereocenters. The summed E-state index contributed by atoms with van der Waals surface area (Å²) in [7, 11) is 4.22. The van der Waals surface area contributed by atoms with Crippen LogP contribution in [0.4, 0.5) is 5.69 Å². The Kier molecular flexibility index (Phi) is 4.63. The van der Waals surface area contributed by atoms with E-state index in [-0.39, 0.29) is 0 Å². The molecule has 0 saturated carbocycles. The van der Waals surface area contributed by atoms with Crippen LogP contribution in [0.2, 0.25) is 0 Å². The zero-order valence-corrected chi connectivity index (χ0v) is 10.3. The number of hydrogen-bond acceptors (Lipinski definition) is 2. The highest BCUT2D eigenvalue weighted by molar-refractivity contribution is 5.51. The number of aryl methyl sites for hydroxylation is 2. The monoisotopic (exact) mass is 206 g/mol. The first-order valence-electron chi connectivity index (χ1n) is 5.55. The van der Waals surface area contributed by atoms with Crippen molar-refractivity contribution in [2.24, 2.45) is 0 Å². The van der Waals surface area contributed by atoms with Crippen molar-refractivity contribution in [3.05, 3.63) is 29.3 Å². The topological polar surface area (TPSA) is 15.3 Å². The van der Waals surface area contributed by atoms with Crippen LogP contribution in [0.25, 0.3) is 0 Å². The van der Waals surface area contributed by atoms with Gasteiger partial charge in [-0.3, -0.25) is 0 Å². The second-order valence-corrected chi connectivity index (χ2v) is 4.40. The number of benzene rings is 1. The van der Waals surface area contributed by atoms with Crippen molar-refractivity contribution in [2.45, 2.75) is 20.3 Å². The Morgan fingerprint density at radius 2 is 1.93 bits per heavy atom. The van der Waals surface area contributed by atoms with Crippen molar-refractivity contribution in [1.82, 2.24) is 4.90 Å². The van der Waals surface area contributed by atoms with Crippen molar-refractivity contribution in [3.63, 3.8) is 0 Å². The van der Waals surface area contributed by atoms with Gasteiger partial charge < -0.3 is 10.2 Å². The van der Waals surface area contributed by atoms with Crippen molar-refractivity contribution in [3.8, 4) is 0 Å². The van der Waals surface area contributed by atoms with Crippen LogP contribution in [0.3, 0.4) is 0 Å². The number of rotatable bonds is 5. The number of anilines is 1. The van der Waals surface area contributed by atoms with Crippen LogP contribution in [0.1, 0.15) is 17.5 Å². The molecule has 0 aliphatic carbocycles. The molecular weight excluding hydrogens is 184 g/mol. The van der Waals surface area contributed by atoms with Crippen LogP contribution in [-0.4, -0.2) is 32.1 Å². The van der Waals surface area contributed by atoms with Crippen LogP contribution in [0, 0.1) is 13.8 Å². The van der Waals surface area contributed by atoms with E-state index in [2.05, 4.69) is 56.4 Å². The molecule has 0 amide bonds. The van der Waals surface area contributed by atoms with E-state index in [1.807, 2.05) is 0 Å². The molecule has 0 spiro atoms. The molecule has 0 heterocycles. The third-order valence-electron chi connectivity index (χ3n) is 2.48. The Morgan fingerprint density at radius 3 is 2.53 bits per heavy atom. The molecule has 0 aliphatic heterocycles. The lowest BCUT2D eigenvalue weighted by Crippen LogP contribution is -2.16. The van der Waals surface area contributed by atoms with Gasteiger partial charge in [-0.1, -0.05) is 17.7 Å². The zero-order valence-electron chi connectivity index (χ0n) is 10.3. The molecular formula is C13H22N2. The van der Waals surface area contributed by atoms with Gasteiger partial charge in [0, 0.05) is 12.2 Å². The average Bonchev–Trinajstić information content (AvgIpc) is 2.14. The smallest absolute Gasteiger partial charge is 0.0370 e. The summed E-state index contributed by atoms with van der Waals surface area (Å²) in [6.45, 7) is 6.46. The van der Waals surface area contributed by atoms with Crippen molar-refractivity contribution in [2.75, 3.05) is 32.5 Å². The summed E-state index contributed by atoms with van der Waals surface area (Å²) in [5, 5.41) is 3.47. The molecule has 15 heavy (non-hydrogen) atoms. The van der Waals surface area contributed by atoms with Crippen molar-refractivity contribution >= 4 is 5.69 Å². The van der Waals surface area contributed by atoms with Gasteiger partial charge in [-0.15, -0.1) is 0 Å². The van der Waals surface area contributed by atoms with Crippen molar-refractivity contribution in [1.29, 1.82) is 0 Å². The SMILES string of the molecule is Cc1ccc(NCCCN(C)C)c(C)c1. The summed E-state index contributed by atoms with van der Waals surface area (Å²) in [6.07, 6.45) is 1.18. The first-order valence-corrected chi connectivity index (χ1v) is 5.55. The Hall–Kier alpha value is -1.02. The second kappa shape index (κ2) is 5.76. The molecule has 0 unspecified atom stereocenters. The van der Waals surface area contributed by atoms with Crippen LogP contribution in [0.5, 0.6) is 0 Å². The van der Waals surface area contributed by atoms with Gasteiger partial charge in [0.25, 0.3) is 0 Å². The molecule has 1 rings (SSSR count). The van der Waals surface area contributed by atoms with Crippen molar-refractivity contribution < 1.29 is 0 Å². The Labute approximate surface area is 93.3 Å².